The van der Waals surface area contributed by atoms with Crippen molar-refractivity contribution in [3.05, 3.63) is 29.4 Å². The molecule has 0 aliphatic heterocycles. The molecule has 0 aliphatic rings. The van der Waals surface area contributed by atoms with Gasteiger partial charge in [-0.05, 0) is 12.1 Å². The molecule has 68 valence electrons. The molecular weight excluding hydrogens is 204 g/mol. The molecule has 1 rings (SSSR count). The molecule has 0 aromatic carbocycles. The van der Waals surface area contributed by atoms with Gasteiger partial charge in [0.25, 0.3) is 0 Å². The quantitative estimate of drug-likeness (QED) is 0.427. The Hall–Kier alpha value is -0.810. The van der Waals surface area contributed by atoms with Crippen molar-refractivity contribution >= 4 is 29.3 Å². The van der Waals surface area contributed by atoms with E-state index in [4.69, 9.17) is 0 Å². The summed E-state index contributed by atoms with van der Waals surface area (Å²) in [7, 11) is 0. The average molecular weight is 212 g/mol. The number of pyridine rings is 1. The zero-order valence-corrected chi connectivity index (χ0v) is 8.42. The summed E-state index contributed by atoms with van der Waals surface area (Å²) in [6.07, 6.45) is 3.42. The van der Waals surface area contributed by atoms with E-state index >= 15 is 0 Å². The van der Waals surface area contributed by atoms with Crippen molar-refractivity contribution < 1.29 is 0 Å². The summed E-state index contributed by atoms with van der Waals surface area (Å²) >= 11 is 6.19. The third kappa shape index (κ3) is 3.61. The summed E-state index contributed by atoms with van der Waals surface area (Å²) in [6.45, 7) is 0. The molecule has 1 aromatic heterocycles. The van der Waals surface area contributed by atoms with Crippen molar-refractivity contribution in [1.82, 2.24) is 4.98 Å². The van der Waals surface area contributed by atoms with E-state index in [0.29, 0.717) is 5.75 Å². The molecule has 0 spiro atoms. The van der Waals surface area contributed by atoms with Gasteiger partial charge in [-0.2, -0.15) is 4.91 Å². The molecule has 1 heterocycles. The molecular formula is C8H8N2OS2. The number of rotatable bonds is 5. The van der Waals surface area contributed by atoms with Crippen LogP contribution in [0.4, 0.5) is 0 Å². The van der Waals surface area contributed by atoms with Crippen LogP contribution in [0.3, 0.4) is 0 Å². The maximum atomic E-state index is 10.2. The lowest BCUT2D eigenvalue weighted by atomic mass is 10.4. The Bertz CT molecular complexity index is 271. The maximum Gasteiger partial charge on any atom is 0.129 e. The van der Waals surface area contributed by atoms with Gasteiger partial charge in [-0.15, -0.1) is 11.8 Å². The number of thioether (sulfide) groups is 1. The molecule has 0 bridgehead atoms. The van der Waals surface area contributed by atoms with Gasteiger partial charge in [0.1, 0.15) is 6.04 Å². The number of aromatic nitrogens is 1. The normalized spacial score (nSPS) is 12.0. The Labute approximate surface area is 85.9 Å². The molecule has 13 heavy (non-hydrogen) atoms. The van der Waals surface area contributed by atoms with Crippen molar-refractivity contribution in [2.24, 2.45) is 5.18 Å². The lowest BCUT2D eigenvalue weighted by Crippen LogP contribution is -2.06. The Morgan fingerprint density at radius 2 is 2.31 bits per heavy atom. The van der Waals surface area contributed by atoms with E-state index < -0.39 is 0 Å². The Kier molecular flexibility index (Phi) is 4.56. The SMILES string of the molecule is O=NC(C=S)CSc1ccncc1. The second kappa shape index (κ2) is 5.77. The van der Waals surface area contributed by atoms with Crippen LogP contribution in [-0.2, 0) is 0 Å². The first-order valence-corrected chi connectivity index (χ1v) is 5.13. The molecule has 1 atom stereocenters. The summed E-state index contributed by atoms with van der Waals surface area (Å²) in [5.41, 5.74) is 0. The van der Waals surface area contributed by atoms with Crippen molar-refractivity contribution in [1.29, 1.82) is 0 Å². The van der Waals surface area contributed by atoms with Gasteiger partial charge >= 0.3 is 0 Å². The summed E-state index contributed by atoms with van der Waals surface area (Å²) in [6, 6.07) is 3.39. The van der Waals surface area contributed by atoms with Crippen LogP contribution >= 0.6 is 24.0 Å². The van der Waals surface area contributed by atoms with Crippen LogP contribution in [0.5, 0.6) is 0 Å². The minimum Gasteiger partial charge on any atom is -0.265 e. The van der Waals surface area contributed by atoms with Crippen LogP contribution in [-0.4, -0.2) is 22.1 Å². The Morgan fingerprint density at radius 1 is 1.62 bits per heavy atom. The van der Waals surface area contributed by atoms with E-state index in [-0.39, 0.29) is 6.04 Å². The number of nitrogens with zero attached hydrogens (tertiary/aromatic N) is 2. The molecule has 0 amide bonds. The van der Waals surface area contributed by atoms with E-state index in [1.54, 1.807) is 24.2 Å². The van der Waals surface area contributed by atoms with Gasteiger partial charge in [-0.1, -0.05) is 17.4 Å². The molecule has 0 fully saturated rings. The zero-order valence-electron chi connectivity index (χ0n) is 6.79. The molecule has 0 saturated heterocycles. The second-order valence-electron chi connectivity index (χ2n) is 2.30. The second-order valence-corrected chi connectivity index (χ2v) is 3.67. The monoisotopic (exact) mass is 212 g/mol. The topological polar surface area (TPSA) is 42.3 Å². The summed E-state index contributed by atoms with van der Waals surface area (Å²) in [5.74, 6) is 0.594. The molecule has 3 nitrogen and oxygen atoms in total. The van der Waals surface area contributed by atoms with Crippen LogP contribution < -0.4 is 0 Å². The highest BCUT2D eigenvalue weighted by Gasteiger charge is 2.04. The molecule has 0 N–H and O–H groups in total. The number of hydrogen-bond acceptors (Lipinski definition) is 5. The first kappa shape index (κ1) is 10.3. The summed E-state index contributed by atoms with van der Waals surface area (Å²) in [5, 5.41) is 4.27. The first-order valence-electron chi connectivity index (χ1n) is 3.67. The van der Waals surface area contributed by atoms with Crippen LogP contribution in [0, 0.1) is 4.91 Å². The lowest BCUT2D eigenvalue weighted by molar-refractivity contribution is 1.01. The average Bonchev–Trinajstić information content (AvgIpc) is 2.21. The van der Waals surface area contributed by atoms with Gasteiger partial charge < -0.3 is 0 Å². The molecule has 0 radical (unpaired) electrons. The smallest absolute Gasteiger partial charge is 0.129 e. The highest BCUT2D eigenvalue weighted by Crippen LogP contribution is 2.17. The van der Waals surface area contributed by atoms with E-state index in [2.05, 4.69) is 22.4 Å². The van der Waals surface area contributed by atoms with E-state index in [0.717, 1.165) is 4.90 Å². The predicted octanol–water partition coefficient (Wildman–Crippen LogP) is 2.31. The van der Waals surface area contributed by atoms with Gasteiger partial charge in [0.05, 0.1) is 0 Å². The number of nitroso groups, excluding NO2 is 1. The van der Waals surface area contributed by atoms with Gasteiger partial charge in [0.15, 0.2) is 0 Å². The highest BCUT2D eigenvalue weighted by atomic mass is 32.2. The number of hydrogen-bond donors (Lipinski definition) is 0. The third-order valence-electron chi connectivity index (χ3n) is 1.36. The van der Waals surface area contributed by atoms with Crippen molar-refractivity contribution in [2.45, 2.75) is 10.9 Å². The fourth-order valence-corrected chi connectivity index (χ4v) is 1.81. The van der Waals surface area contributed by atoms with Crippen LogP contribution in [0.1, 0.15) is 0 Å². The first-order chi connectivity index (χ1) is 6.36. The molecule has 0 saturated carbocycles. The molecule has 5 heteroatoms. The van der Waals surface area contributed by atoms with Crippen molar-refractivity contribution in [2.75, 3.05) is 5.75 Å². The lowest BCUT2D eigenvalue weighted by Gasteiger charge is -2.01. The van der Waals surface area contributed by atoms with Crippen LogP contribution in [0.2, 0.25) is 0 Å². The molecule has 1 aromatic rings. The van der Waals surface area contributed by atoms with Crippen LogP contribution in [0.25, 0.3) is 0 Å². The van der Waals surface area contributed by atoms with Crippen molar-refractivity contribution in [3.8, 4) is 0 Å². The van der Waals surface area contributed by atoms with Gasteiger partial charge in [-0.3, -0.25) is 4.98 Å². The van der Waals surface area contributed by atoms with E-state index in [9.17, 15) is 4.91 Å². The van der Waals surface area contributed by atoms with Crippen molar-refractivity contribution in [3.63, 3.8) is 0 Å². The van der Waals surface area contributed by atoms with Gasteiger partial charge in [-0.25, -0.2) is 0 Å². The van der Waals surface area contributed by atoms with Gasteiger partial charge in [0.2, 0.25) is 0 Å². The molecule has 1 unspecified atom stereocenters. The maximum absolute atomic E-state index is 10.2. The fourth-order valence-electron chi connectivity index (χ4n) is 0.711. The Morgan fingerprint density at radius 3 is 2.85 bits per heavy atom. The minimum absolute atomic E-state index is 0.381. The number of thiocarbonyl (C=S) groups is 1. The minimum atomic E-state index is -0.381. The zero-order chi connectivity index (χ0) is 9.52. The highest BCUT2D eigenvalue weighted by molar-refractivity contribution is 7.99. The summed E-state index contributed by atoms with van der Waals surface area (Å²) < 4.78 is 0. The summed E-state index contributed by atoms with van der Waals surface area (Å²) in [4.78, 5) is 15.1. The molecule has 0 aliphatic carbocycles. The Balaban J connectivity index is 2.42. The largest absolute Gasteiger partial charge is 0.265 e. The predicted molar refractivity (Wildman–Crippen MR) is 58.2 cm³/mol. The third-order valence-corrected chi connectivity index (χ3v) is 2.79. The van der Waals surface area contributed by atoms with Crippen LogP contribution in [0.15, 0.2) is 34.6 Å². The standard InChI is InChI=1S/C8H8N2OS2/c11-10-7(5-12)6-13-8-1-3-9-4-2-8/h1-5,7H,6H2. The van der Waals surface area contributed by atoms with E-state index in [1.165, 1.54) is 5.37 Å². The van der Waals surface area contributed by atoms with Gasteiger partial charge in [0, 0.05) is 28.4 Å². The fraction of sp³-hybridized carbons (Fsp3) is 0.250. The van der Waals surface area contributed by atoms with E-state index in [1.807, 2.05) is 12.1 Å².